The fraction of sp³-hybridized carbons (Fsp3) is 0. The molecule has 0 atom stereocenters. The van der Waals surface area contributed by atoms with E-state index in [1.54, 1.807) is 12.4 Å². The van der Waals surface area contributed by atoms with Crippen LogP contribution in [0.1, 0.15) is 0 Å². The van der Waals surface area contributed by atoms with Gasteiger partial charge in [0.05, 0.1) is 0 Å². The van der Waals surface area contributed by atoms with Crippen LogP contribution in [0, 0.1) is 0 Å². The number of halogens is 1. The molecule has 0 saturated carbocycles. The van der Waals surface area contributed by atoms with Crippen molar-refractivity contribution in [2.45, 2.75) is 0 Å². The van der Waals surface area contributed by atoms with E-state index in [2.05, 4.69) is 50.2 Å². The largest absolute Gasteiger partial charge is 0.264 e. The summed E-state index contributed by atoms with van der Waals surface area (Å²) in [5, 5.41) is 0. The lowest BCUT2D eigenvalue weighted by atomic mass is 10.0. The third kappa shape index (κ3) is 5.06. The van der Waals surface area contributed by atoms with Gasteiger partial charge in [-0.25, -0.2) is 15.0 Å². The van der Waals surface area contributed by atoms with Crippen molar-refractivity contribution >= 4 is 15.9 Å². The first kappa shape index (κ1) is 22.9. The van der Waals surface area contributed by atoms with Crippen LogP contribution in [0.4, 0.5) is 0 Å². The molecule has 3 aromatic carbocycles. The van der Waals surface area contributed by atoms with Gasteiger partial charge in [-0.15, -0.1) is 0 Å². The first-order chi connectivity index (χ1) is 18.2. The molecule has 0 saturated heterocycles. The van der Waals surface area contributed by atoms with Gasteiger partial charge in [0.2, 0.25) is 0 Å². The number of rotatable bonds is 5. The van der Waals surface area contributed by atoms with Gasteiger partial charge in [-0.2, -0.15) is 0 Å². The number of benzene rings is 3. The van der Waals surface area contributed by atoms with Crippen LogP contribution in [0.15, 0.2) is 126 Å². The molecule has 176 valence electrons. The van der Waals surface area contributed by atoms with Crippen LogP contribution in [-0.4, -0.2) is 24.9 Å². The Morgan fingerprint density at radius 2 is 0.838 bits per heavy atom. The van der Waals surface area contributed by atoms with Gasteiger partial charge in [-0.3, -0.25) is 9.97 Å². The van der Waals surface area contributed by atoms with E-state index in [0.717, 1.165) is 43.4 Å². The predicted octanol–water partition coefficient (Wildman–Crippen LogP) is 7.76. The van der Waals surface area contributed by atoms with Crippen molar-refractivity contribution in [2.75, 3.05) is 0 Å². The molecular weight excluding hydrogens is 522 g/mol. The molecule has 0 unspecified atom stereocenters. The Labute approximate surface area is 223 Å². The van der Waals surface area contributed by atoms with Gasteiger partial charge in [0, 0.05) is 46.0 Å². The Kier molecular flexibility index (Phi) is 6.31. The molecule has 0 aliphatic rings. The molecule has 3 heterocycles. The fourth-order valence-electron chi connectivity index (χ4n) is 4.08. The second-order valence-electron chi connectivity index (χ2n) is 8.45. The second kappa shape index (κ2) is 10.2. The molecule has 0 aliphatic heterocycles. The number of hydrogen-bond donors (Lipinski definition) is 0. The van der Waals surface area contributed by atoms with Gasteiger partial charge >= 0.3 is 0 Å². The zero-order valence-electron chi connectivity index (χ0n) is 19.7. The lowest BCUT2D eigenvalue weighted by molar-refractivity contribution is 1.07. The van der Waals surface area contributed by atoms with Crippen LogP contribution >= 0.6 is 15.9 Å². The van der Waals surface area contributed by atoms with Gasteiger partial charge in [-0.05, 0) is 46.5 Å². The number of aromatic nitrogens is 5. The zero-order valence-corrected chi connectivity index (χ0v) is 21.2. The SMILES string of the molecule is Brc1cccc(-c2nc(-c3ccc(-c4cccnc4)cc3)nc(-c3ccc(-c4cccnc4)cc3)n2)c1. The van der Waals surface area contributed by atoms with Crippen molar-refractivity contribution in [1.82, 2.24) is 24.9 Å². The standard InChI is InChI=1S/C31H20BrN5/c32-28-7-1-4-25(18-28)31-36-29(23-12-8-21(9-13-23)26-5-2-16-33-19-26)35-30(37-31)24-14-10-22(11-15-24)27-6-3-17-34-20-27/h1-20H. The van der Waals surface area contributed by atoms with Crippen molar-refractivity contribution in [1.29, 1.82) is 0 Å². The van der Waals surface area contributed by atoms with E-state index in [-0.39, 0.29) is 0 Å². The molecule has 6 rings (SSSR count). The zero-order chi connectivity index (χ0) is 25.0. The molecule has 0 aliphatic carbocycles. The van der Waals surface area contributed by atoms with Gasteiger partial charge in [-0.1, -0.05) is 88.7 Å². The molecular formula is C31H20BrN5. The van der Waals surface area contributed by atoms with Crippen LogP contribution in [0.25, 0.3) is 56.4 Å². The summed E-state index contributed by atoms with van der Waals surface area (Å²) < 4.78 is 0.968. The van der Waals surface area contributed by atoms with E-state index in [1.807, 2.05) is 85.2 Å². The van der Waals surface area contributed by atoms with Gasteiger partial charge in [0.25, 0.3) is 0 Å². The van der Waals surface area contributed by atoms with E-state index < -0.39 is 0 Å². The van der Waals surface area contributed by atoms with E-state index in [1.165, 1.54) is 0 Å². The molecule has 0 radical (unpaired) electrons. The van der Waals surface area contributed by atoms with Crippen molar-refractivity contribution in [2.24, 2.45) is 0 Å². The summed E-state index contributed by atoms with van der Waals surface area (Å²) in [6.07, 6.45) is 7.26. The Morgan fingerprint density at radius 1 is 0.405 bits per heavy atom. The van der Waals surface area contributed by atoms with Gasteiger partial charge < -0.3 is 0 Å². The van der Waals surface area contributed by atoms with Crippen molar-refractivity contribution < 1.29 is 0 Å². The van der Waals surface area contributed by atoms with E-state index in [0.29, 0.717) is 17.5 Å². The molecule has 6 aromatic rings. The van der Waals surface area contributed by atoms with Crippen LogP contribution in [0.5, 0.6) is 0 Å². The minimum Gasteiger partial charge on any atom is -0.264 e. The minimum absolute atomic E-state index is 0.619. The third-order valence-corrected chi connectivity index (χ3v) is 6.49. The molecule has 0 bridgehead atoms. The minimum atomic E-state index is 0.619. The lowest BCUT2D eigenvalue weighted by Crippen LogP contribution is -2.00. The highest BCUT2D eigenvalue weighted by atomic mass is 79.9. The molecule has 6 heteroatoms. The Morgan fingerprint density at radius 3 is 1.27 bits per heavy atom. The van der Waals surface area contributed by atoms with Crippen molar-refractivity contribution in [3.8, 4) is 56.4 Å². The first-order valence-corrected chi connectivity index (χ1v) is 12.6. The van der Waals surface area contributed by atoms with Crippen molar-refractivity contribution in [3.63, 3.8) is 0 Å². The highest BCUT2D eigenvalue weighted by molar-refractivity contribution is 9.10. The molecule has 0 spiro atoms. The average molecular weight is 542 g/mol. The summed E-state index contributed by atoms with van der Waals surface area (Å²) in [4.78, 5) is 23.0. The maximum Gasteiger partial charge on any atom is 0.164 e. The Balaban J connectivity index is 1.42. The average Bonchev–Trinajstić information content (AvgIpc) is 2.98. The molecule has 0 fully saturated rings. The number of hydrogen-bond acceptors (Lipinski definition) is 5. The number of nitrogens with zero attached hydrogens (tertiary/aromatic N) is 5. The van der Waals surface area contributed by atoms with E-state index in [9.17, 15) is 0 Å². The highest BCUT2D eigenvalue weighted by Crippen LogP contribution is 2.29. The summed E-state index contributed by atoms with van der Waals surface area (Å²) in [6.45, 7) is 0. The summed E-state index contributed by atoms with van der Waals surface area (Å²) in [6, 6.07) is 32.4. The van der Waals surface area contributed by atoms with E-state index >= 15 is 0 Å². The molecule has 3 aromatic heterocycles. The molecule has 0 N–H and O–H groups in total. The monoisotopic (exact) mass is 541 g/mol. The van der Waals surface area contributed by atoms with Crippen LogP contribution < -0.4 is 0 Å². The third-order valence-electron chi connectivity index (χ3n) is 5.99. The first-order valence-electron chi connectivity index (χ1n) is 11.8. The lowest BCUT2D eigenvalue weighted by Gasteiger charge is -2.10. The number of pyridine rings is 2. The Bertz CT molecular complexity index is 1550. The predicted molar refractivity (Wildman–Crippen MR) is 150 cm³/mol. The maximum absolute atomic E-state index is 4.87. The smallest absolute Gasteiger partial charge is 0.164 e. The quantitative estimate of drug-likeness (QED) is 0.223. The van der Waals surface area contributed by atoms with Crippen LogP contribution in [-0.2, 0) is 0 Å². The van der Waals surface area contributed by atoms with Crippen LogP contribution in [0.3, 0.4) is 0 Å². The molecule has 5 nitrogen and oxygen atoms in total. The molecule has 0 amide bonds. The summed E-state index contributed by atoms with van der Waals surface area (Å²) in [5.41, 5.74) is 7.05. The summed E-state index contributed by atoms with van der Waals surface area (Å²) in [5.74, 6) is 1.86. The fourth-order valence-corrected chi connectivity index (χ4v) is 4.48. The van der Waals surface area contributed by atoms with Crippen LogP contribution in [0.2, 0.25) is 0 Å². The second-order valence-corrected chi connectivity index (χ2v) is 9.37. The maximum atomic E-state index is 4.87. The van der Waals surface area contributed by atoms with E-state index in [4.69, 9.17) is 15.0 Å². The molecule has 37 heavy (non-hydrogen) atoms. The highest BCUT2D eigenvalue weighted by Gasteiger charge is 2.13. The topological polar surface area (TPSA) is 64.5 Å². The summed E-state index contributed by atoms with van der Waals surface area (Å²) in [7, 11) is 0. The van der Waals surface area contributed by atoms with Gasteiger partial charge in [0.15, 0.2) is 17.5 Å². The normalized spacial score (nSPS) is 10.8. The summed E-state index contributed by atoms with van der Waals surface area (Å²) >= 11 is 3.57. The Hall–Kier alpha value is -4.55. The van der Waals surface area contributed by atoms with Crippen molar-refractivity contribution in [3.05, 3.63) is 126 Å². The van der Waals surface area contributed by atoms with Gasteiger partial charge in [0.1, 0.15) is 0 Å².